The highest BCUT2D eigenvalue weighted by Crippen LogP contribution is 2.25. The molecule has 1 aromatic heterocycles. The van der Waals surface area contributed by atoms with Gasteiger partial charge in [-0.3, -0.25) is 14.9 Å². The van der Waals surface area contributed by atoms with E-state index in [2.05, 4.69) is 20.7 Å². The molecule has 0 spiro atoms. The first-order chi connectivity index (χ1) is 10.4. The van der Waals surface area contributed by atoms with E-state index < -0.39 is 17.8 Å². The molecule has 2 heterocycles. The molecule has 0 saturated carbocycles. The molecule has 0 aliphatic carbocycles. The summed E-state index contributed by atoms with van der Waals surface area (Å²) >= 11 is 0. The van der Waals surface area contributed by atoms with Gasteiger partial charge in [-0.1, -0.05) is 6.07 Å². The average Bonchev–Trinajstić information content (AvgIpc) is 2.91. The lowest BCUT2D eigenvalue weighted by Gasteiger charge is -2.10. The number of nitrogens with zero attached hydrogens (tertiary/aromatic N) is 3. The first-order valence-corrected chi connectivity index (χ1v) is 6.74. The highest BCUT2D eigenvalue weighted by molar-refractivity contribution is 6.00. The van der Waals surface area contributed by atoms with E-state index in [1.54, 1.807) is 19.9 Å². The number of benzene rings is 1. The minimum Gasteiger partial charge on any atom is -0.324 e. The van der Waals surface area contributed by atoms with Gasteiger partial charge in [0.1, 0.15) is 17.7 Å². The van der Waals surface area contributed by atoms with Crippen molar-refractivity contribution in [2.45, 2.75) is 26.3 Å². The lowest BCUT2D eigenvalue weighted by Crippen LogP contribution is -2.24. The summed E-state index contributed by atoms with van der Waals surface area (Å²) in [6.07, 6.45) is -0.144. The van der Waals surface area contributed by atoms with Crippen LogP contribution in [-0.2, 0) is 9.59 Å². The van der Waals surface area contributed by atoms with Gasteiger partial charge >= 0.3 is 0 Å². The Balaban J connectivity index is 1.73. The van der Waals surface area contributed by atoms with Crippen molar-refractivity contribution in [2.75, 3.05) is 10.6 Å². The molecule has 1 atom stereocenters. The predicted octanol–water partition coefficient (Wildman–Crippen LogP) is 1.56. The third kappa shape index (κ3) is 2.54. The molecule has 1 aliphatic heterocycles. The fourth-order valence-corrected chi connectivity index (χ4v) is 2.31. The van der Waals surface area contributed by atoms with E-state index in [1.807, 2.05) is 0 Å². The molecule has 0 saturated heterocycles. The molecular formula is C14H14FN5O2. The number of amides is 2. The van der Waals surface area contributed by atoms with Gasteiger partial charge in [0.05, 0.1) is 12.1 Å². The maximum Gasteiger partial charge on any atom is 0.252 e. The molecule has 22 heavy (non-hydrogen) atoms. The van der Waals surface area contributed by atoms with Gasteiger partial charge in [-0.05, 0) is 31.5 Å². The monoisotopic (exact) mass is 303 g/mol. The molecule has 0 bridgehead atoms. The third-order valence-corrected chi connectivity index (χ3v) is 3.35. The second-order valence-electron chi connectivity index (χ2n) is 5.17. The van der Waals surface area contributed by atoms with Crippen LogP contribution < -0.4 is 10.6 Å². The van der Waals surface area contributed by atoms with Gasteiger partial charge in [-0.15, -0.1) is 0 Å². The molecule has 2 amide bonds. The summed E-state index contributed by atoms with van der Waals surface area (Å²) in [6.45, 7) is 3.45. The molecule has 7 nitrogen and oxygen atoms in total. The summed E-state index contributed by atoms with van der Waals surface area (Å²) in [6, 6.07) is 3.74. The van der Waals surface area contributed by atoms with Crippen LogP contribution in [-0.4, -0.2) is 26.6 Å². The van der Waals surface area contributed by atoms with Crippen LogP contribution in [0.4, 0.5) is 16.0 Å². The van der Waals surface area contributed by atoms with Crippen LogP contribution >= 0.6 is 0 Å². The van der Waals surface area contributed by atoms with Gasteiger partial charge in [0, 0.05) is 0 Å². The van der Waals surface area contributed by atoms with Crippen molar-refractivity contribution in [1.29, 1.82) is 0 Å². The van der Waals surface area contributed by atoms with E-state index in [1.165, 1.54) is 16.8 Å². The Morgan fingerprint density at radius 3 is 2.95 bits per heavy atom. The van der Waals surface area contributed by atoms with Gasteiger partial charge in [0.2, 0.25) is 11.9 Å². The number of carbonyl (C=O) groups excluding carboxylic acids is 2. The number of carbonyl (C=O) groups is 2. The highest BCUT2D eigenvalue weighted by atomic mass is 19.1. The summed E-state index contributed by atoms with van der Waals surface area (Å²) in [4.78, 5) is 27.9. The molecule has 0 fully saturated rings. The Kier molecular flexibility index (Phi) is 3.36. The molecule has 0 radical (unpaired) electrons. The summed E-state index contributed by atoms with van der Waals surface area (Å²) in [5.41, 5.74) is 0.845. The lowest BCUT2D eigenvalue weighted by atomic mass is 10.2. The first-order valence-electron chi connectivity index (χ1n) is 6.74. The number of rotatable bonds is 3. The first kappa shape index (κ1) is 14.2. The number of fused-ring (bicyclic) bond motifs is 1. The van der Waals surface area contributed by atoms with E-state index in [-0.39, 0.29) is 18.0 Å². The smallest absolute Gasteiger partial charge is 0.252 e. The minimum atomic E-state index is -0.773. The van der Waals surface area contributed by atoms with Crippen molar-refractivity contribution in [3.05, 3.63) is 35.4 Å². The largest absolute Gasteiger partial charge is 0.324 e. The number of hydrogen-bond acceptors (Lipinski definition) is 4. The maximum atomic E-state index is 13.7. The van der Waals surface area contributed by atoms with E-state index in [0.29, 0.717) is 11.8 Å². The Hall–Kier alpha value is -2.77. The highest BCUT2D eigenvalue weighted by Gasteiger charge is 2.34. The molecule has 8 heteroatoms. The van der Waals surface area contributed by atoms with Crippen molar-refractivity contribution >= 4 is 23.5 Å². The Bertz CT molecular complexity index is 771. The van der Waals surface area contributed by atoms with Crippen LogP contribution in [0.25, 0.3) is 0 Å². The van der Waals surface area contributed by atoms with Crippen molar-refractivity contribution in [2.24, 2.45) is 0 Å². The molecule has 1 unspecified atom stereocenters. The number of aryl methyl sites for hydroxylation is 2. The predicted molar refractivity (Wildman–Crippen MR) is 76.8 cm³/mol. The molecule has 1 aliphatic rings. The number of hydrogen-bond donors (Lipinski definition) is 2. The summed E-state index contributed by atoms with van der Waals surface area (Å²) < 4.78 is 15.1. The van der Waals surface area contributed by atoms with E-state index in [4.69, 9.17) is 0 Å². The van der Waals surface area contributed by atoms with Crippen LogP contribution in [0.1, 0.15) is 23.9 Å². The van der Waals surface area contributed by atoms with Crippen LogP contribution in [0.3, 0.4) is 0 Å². The second kappa shape index (κ2) is 5.21. The summed E-state index contributed by atoms with van der Waals surface area (Å²) in [7, 11) is 0. The summed E-state index contributed by atoms with van der Waals surface area (Å²) in [5, 5.41) is 9.10. The van der Waals surface area contributed by atoms with Gasteiger partial charge in [-0.2, -0.15) is 10.1 Å². The van der Waals surface area contributed by atoms with Crippen LogP contribution in [0.5, 0.6) is 0 Å². The van der Waals surface area contributed by atoms with Crippen LogP contribution in [0, 0.1) is 19.7 Å². The Labute approximate surface area is 125 Å². The van der Waals surface area contributed by atoms with Gasteiger partial charge < -0.3 is 5.32 Å². The topological polar surface area (TPSA) is 88.9 Å². The lowest BCUT2D eigenvalue weighted by molar-refractivity contribution is -0.123. The molecule has 114 valence electrons. The number of aromatic nitrogens is 3. The number of anilines is 2. The average molecular weight is 303 g/mol. The quantitative estimate of drug-likeness (QED) is 0.900. The van der Waals surface area contributed by atoms with Crippen LogP contribution in [0.2, 0.25) is 0 Å². The van der Waals surface area contributed by atoms with E-state index in [0.717, 1.165) is 5.56 Å². The SMILES string of the molecule is Cc1ccc(NC(=O)CC2C(=O)Nc3nc(C)nn32)c(F)c1. The zero-order valence-corrected chi connectivity index (χ0v) is 12.1. The molecule has 2 N–H and O–H groups in total. The van der Waals surface area contributed by atoms with Crippen molar-refractivity contribution in [3.63, 3.8) is 0 Å². The molecular weight excluding hydrogens is 289 g/mol. The van der Waals surface area contributed by atoms with Crippen LogP contribution in [0.15, 0.2) is 18.2 Å². The minimum absolute atomic E-state index is 0.0870. The molecule has 2 aromatic rings. The van der Waals surface area contributed by atoms with Crippen molar-refractivity contribution < 1.29 is 14.0 Å². The zero-order chi connectivity index (χ0) is 15.9. The summed E-state index contributed by atoms with van der Waals surface area (Å²) in [5.74, 6) is -0.508. The Morgan fingerprint density at radius 1 is 1.45 bits per heavy atom. The van der Waals surface area contributed by atoms with Crippen molar-refractivity contribution in [1.82, 2.24) is 14.8 Å². The number of halogens is 1. The maximum absolute atomic E-state index is 13.7. The third-order valence-electron chi connectivity index (χ3n) is 3.35. The zero-order valence-electron chi connectivity index (χ0n) is 12.1. The Morgan fingerprint density at radius 2 is 2.23 bits per heavy atom. The number of nitrogens with one attached hydrogen (secondary N) is 2. The fourth-order valence-electron chi connectivity index (χ4n) is 2.31. The molecule has 1 aromatic carbocycles. The van der Waals surface area contributed by atoms with Gasteiger partial charge in [0.15, 0.2) is 0 Å². The fraction of sp³-hybridized carbons (Fsp3) is 0.286. The van der Waals surface area contributed by atoms with Crippen molar-refractivity contribution in [3.8, 4) is 0 Å². The van der Waals surface area contributed by atoms with Gasteiger partial charge in [-0.25, -0.2) is 9.07 Å². The van der Waals surface area contributed by atoms with E-state index >= 15 is 0 Å². The molecule has 3 rings (SSSR count). The van der Waals surface area contributed by atoms with Gasteiger partial charge in [0.25, 0.3) is 5.91 Å². The second-order valence-corrected chi connectivity index (χ2v) is 5.17. The van der Waals surface area contributed by atoms with E-state index in [9.17, 15) is 14.0 Å². The normalized spacial score (nSPS) is 16.3. The standard InChI is InChI=1S/C14H14FN5O2/c1-7-3-4-10(9(15)5-7)17-12(21)6-11-13(22)18-14-16-8(2)19-20(11)14/h3-5,11H,6H2,1-2H3,(H,17,21)(H,16,18,19,22).